The standard InChI is InChI=1S/C13H27NO/c1-11(8-9-15)14-12(2)10-13-6-4-3-5-7-13/h11-15H,3-10H2,1-2H3. The molecule has 1 aliphatic carbocycles. The van der Waals surface area contributed by atoms with Gasteiger partial charge in [-0.2, -0.15) is 0 Å². The lowest BCUT2D eigenvalue weighted by molar-refractivity contribution is 0.251. The zero-order valence-electron chi connectivity index (χ0n) is 10.3. The Hall–Kier alpha value is -0.0800. The average molecular weight is 213 g/mol. The first-order chi connectivity index (χ1) is 7.22. The lowest BCUT2D eigenvalue weighted by atomic mass is 9.85. The van der Waals surface area contributed by atoms with E-state index in [4.69, 9.17) is 5.11 Å². The minimum atomic E-state index is 0.296. The molecule has 0 spiro atoms. The molecular formula is C13H27NO. The first-order valence-corrected chi connectivity index (χ1v) is 6.59. The third-order valence-corrected chi connectivity index (χ3v) is 3.54. The summed E-state index contributed by atoms with van der Waals surface area (Å²) in [4.78, 5) is 0. The number of hydrogen-bond acceptors (Lipinski definition) is 2. The van der Waals surface area contributed by atoms with Gasteiger partial charge in [-0.3, -0.25) is 0 Å². The van der Waals surface area contributed by atoms with Crippen LogP contribution in [0.15, 0.2) is 0 Å². The second-order valence-corrected chi connectivity index (χ2v) is 5.22. The SMILES string of the molecule is CC(CCO)NC(C)CC1CCCCC1. The normalized spacial score (nSPS) is 22.6. The van der Waals surface area contributed by atoms with Crippen molar-refractivity contribution in [3.8, 4) is 0 Å². The van der Waals surface area contributed by atoms with E-state index in [-0.39, 0.29) is 0 Å². The zero-order valence-corrected chi connectivity index (χ0v) is 10.3. The molecule has 2 heteroatoms. The second-order valence-electron chi connectivity index (χ2n) is 5.22. The van der Waals surface area contributed by atoms with E-state index in [2.05, 4.69) is 19.2 Å². The molecule has 0 amide bonds. The summed E-state index contributed by atoms with van der Waals surface area (Å²) in [5.74, 6) is 0.947. The van der Waals surface area contributed by atoms with E-state index < -0.39 is 0 Å². The summed E-state index contributed by atoms with van der Waals surface area (Å²) in [5.41, 5.74) is 0. The third-order valence-electron chi connectivity index (χ3n) is 3.54. The fourth-order valence-corrected chi connectivity index (χ4v) is 2.75. The first-order valence-electron chi connectivity index (χ1n) is 6.59. The van der Waals surface area contributed by atoms with Crippen molar-refractivity contribution < 1.29 is 5.11 Å². The molecule has 90 valence electrons. The summed E-state index contributed by atoms with van der Waals surface area (Å²) < 4.78 is 0. The highest BCUT2D eigenvalue weighted by Crippen LogP contribution is 2.27. The maximum atomic E-state index is 8.83. The predicted octanol–water partition coefficient (Wildman–Crippen LogP) is 2.71. The number of rotatable bonds is 6. The van der Waals surface area contributed by atoms with Crippen molar-refractivity contribution in [2.24, 2.45) is 5.92 Å². The molecule has 2 nitrogen and oxygen atoms in total. The quantitative estimate of drug-likeness (QED) is 0.711. The van der Waals surface area contributed by atoms with Crippen molar-refractivity contribution >= 4 is 0 Å². The van der Waals surface area contributed by atoms with Gasteiger partial charge in [-0.1, -0.05) is 32.1 Å². The van der Waals surface area contributed by atoms with E-state index in [1.807, 2.05) is 0 Å². The Labute approximate surface area is 94.5 Å². The summed E-state index contributed by atoms with van der Waals surface area (Å²) in [6, 6.07) is 1.06. The Morgan fingerprint density at radius 1 is 1.13 bits per heavy atom. The molecule has 1 saturated carbocycles. The van der Waals surface area contributed by atoms with Gasteiger partial charge in [-0.05, 0) is 32.6 Å². The highest BCUT2D eigenvalue weighted by Gasteiger charge is 2.17. The third kappa shape index (κ3) is 5.53. The Bertz CT molecular complexity index is 155. The maximum absolute atomic E-state index is 8.83. The van der Waals surface area contributed by atoms with Crippen molar-refractivity contribution in [1.82, 2.24) is 5.32 Å². The Morgan fingerprint density at radius 2 is 1.80 bits per heavy atom. The second kappa shape index (κ2) is 7.24. The van der Waals surface area contributed by atoms with Gasteiger partial charge in [-0.15, -0.1) is 0 Å². The van der Waals surface area contributed by atoms with Crippen LogP contribution in [0.3, 0.4) is 0 Å². The Morgan fingerprint density at radius 3 is 2.40 bits per heavy atom. The molecule has 1 aliphatic rings. The van der Waals surface area contributed by atoms with Gasteiger partial charge in [0.1, 0.15) is 0 Å². The molecule has 0 saturated heterocycles. The van der Waals surface area contributed by atoms with Gasteiger partial charge >= 0.3 is 0 Å². The fourth-order valence-electron chi connectivity index (χ4n) is 2.75. The molecule has 0 aromatic rings. The number of nitrogens with one attached hydrogen (secondary N) is 1. The van der Waals surface area contributed by atoms with E-state index >= 15 is 0 Å². The zero-order chi connectivity index (χ0) is 11.1. The van der Waals surface area contributed by atoms with Gasteiger partial charge in [0.05, 0.1) is 0 Å². The minimum absolute atomic E-state index is 0.296. The molecule has 1 rings (SSSR count). The molecule has 0 aliphatic heterocycles. The first kappa shape index (κ1) is 13.0. The molecule has 2 atom stereocenters. The van der Waals surface area contributed by atoms with Gasteiger partial charge in [0.2, 0.25) is 0 Å². The van der Waals surface area contributed by atoms with Crippen LogP contribution in [0.1, 0.15) is 58.8 Å². The highest BCUT2D eigenvalue weighted by molar-refractivity contribution is 4.74. The molecule has 2 N–H and O–H groups in total. The van der Waals surface area contributed by atoms with Crippen LogP contribution in [0.25, 0.3) is 0 Å². The van der Waals surface area contributed by atoms with Crippen LogP contribution < -0.4 is 5.32 Å². The number of hydrogen-bond donors (Lipinski definition) is 2. The Kier molecular flexibility index (Phi) is 6.26. The van der Waals surface area contributed by atoms with Gasteiger partial charge in [0.25, 0.3) is 0 Å². The lowest BCUT2D eigenvalue weighted by Gasteiger charge is -2.27. The molecule has 15 heavy (non-hydrogen) atoms. The van der Waals surface area contributed by atoms with Gasteiger partial charge in [0.15, 0.2) is 0 Å². The molecule has 1 fully saturated rings. The molecule has 0 aromatic carbocycles. The van der Waals surface area contributed by atoms with Crippen molar-refractivity contribution in [2.75, 3.05) is 6.61 Å². The average Bonchev–Trinajstić information content (AvgIpc) is 2.19. The summed E-state index contributed by atoms with van der Waals surface area (Å²) in [5, 5.41) is 12.4. The van der Waals surface area contributed by atoms with Gasteiger partial charge in [-0.25, -0.2) is 0 Å². The molecular weight excluding hydrogens is 186 g/mol. The van der Waals surface area contributed by atoms with Crippen LogP contribution in [-0.4, -0.2) is 23.8 Å². The highest BCUT2D eigenvalue weighted by atomic mass is 16.3. The number of aliphatic hydroxyl groups is 1. The van der Waals surface area contributed by atoms with Crippen LogP contribution in [0.4, 0.5) is 0 Å². The van der Waals surface area contributed by atoms with Crippen molar-refractivity contribution in [3.63, 3.8) is 0 Å². The van der Waals surface area contributed by atoms with Crippen LogP contribution in [0.2, 0.25) is 0 Å². The monoisotopic (exact) mass is 213 g/mol. The van der Waals surface area contributed by atoms with Crippen LogP contribution >= 0.6 is 0 Å². The Balaban J connectivity index is 2.13. The van der Waals surface area contributed by atoms with Crippen LogP contribution in [0.5, 0.6) is 0 Å². The van der Waals surface area contributed by atoms with Crippen molar-refractivity contribution in [1.29, 1.82) is 0 Å². The van der Waals surface area contributed by atoms with Crippen molar-refractivity contribution in [2.45, 2.75) is 70.9 Å². The predicted molar refractivity (Wildman–Crippen MR) is 65.0 cm³/mol. The molecule has 0 bridgehead atoms. The topological polar surface area (TPSA) is 32.3 Å². The summed E-state index contributed by atoms with van der Waals surface area (Å²) >= 11 is 0. The van der Waals surface area contributed by atoms with Crippen LogP contribution in [-0.2, 0) is 0 Å². The summed E-state index contributed by atoms with van der Waals surface area (Å²) in [6.07, 6.45) is 9.36. The van der Waals surface area contributed by atoms with Gasteiger partial charge in [0, 0.05) is 18.7 Å². The molecule has 0 aromatic heterocycles. The molecule has 2 unspecified atom stereocenters. The summed E-state index contributed by atoms with van der Waals surface area (Å²) in [6.45, 7) is 4.74. The summed E-state index contributed by atoms with van der Waals surface area (Å²) in [7, 11) is 0. The smallest absolute Gasteiger partial charge is 0.0445 e. The van der Waals surface area contributed by atoms with E-state index in [1.165, 1.54) is 38.5 Å². The largest absolute Gasteiger partial charge is 0.396 e. The number of aliphatic hydroxyl groups excluding tert-OH is 1. The van der Waals surface area contributed by atoms with Gasteiger partial charge < -0.3 is 10.4 Å². The van der Waals surface area contributed by atoms with E-state index in [0.717, 1.165) is 12.3 Å². The van der Waals surface area contributed by atoms with Crippen LogP contribution in [0, 0.1) is 5.92 Å². The maximum Gasteiger partial charge on any atom is 0.0445 e. The lowest BCUT2D eigenvalue weighted by Crippen LogP contribution is -2.36. The minimum Gasteiger partial charge on any atom is -0.396 e. The molecule has 0 heterocycles. The van der Waals surface area contributed by atoms with E-state index in [0.29, 0.717) is 18.7 Å². The van der Waals surface area contributed by atoms with E-state index in [9.17, 15) is 0 Å². The van der Waals surface area contributed by atoms with Crippen molar-refractivity contribution in [3.05, 3.63) is 0 Å². The molecule has 0 radical (unpaired) electrons. The van der Waals surface area contributed by atoms with E-state index in [1.54, 1.807) is 0 Å². The fraction of sp³-hybridized carbons (Fsp3) is 1.00.